The first-order chi connectivity index (χ1) is 7.88. The highest BCUT2D eigenvalue weighted by Crippen LogP contribution is 2.22. The van der Waals surface area contributed by atoms with E-state index >= 15 is 0 Å². The van der Waals surface area contributed by atoms with Crippen LogP contribution in [0.1, 0.15) is 23.7 Å². The molecular formula is C10H12ClNO4S. The summed E-state index contributed by atoms with van der Waals surface area (Å²) in [5.74, 6) is -1.20. The van der Waals surface area contributed by atoms with Crippen LogP contribution in [0.25, 0.3) is 0 Å². The van der Waals surface area contributed by atoms with E-state index in [1.165, 1.54) is 12.1 Å². The summed E-state index contributed by atoms with van der Waals surface area (Å²) in [6.07, 6.45) is 0.634. The van der Waals surface area contributed by atoms with Gasteiger partial charge in [-0.2, -0.15) is 0 Å². The van der Waals surface area contributed by atoms with Gasteiger partial charge in [-0.15, -0.1) is 0 Å². The lowest BCUT2D eigenvalue weighted by Gasteiger charge is -2.08. The van der Waals surface area contributed by atoms with Gasteiger partial charge in [0.25, 0.3) is 0 Å². The lowest BCUT2D eigenvalue weighted by molar-refractivity contribution is 0.0696. The normalized spacial score (nSPS) is 11.4. The number of carboxylic acids is 1. The van der Waals surface area contributed by atoms with Crippen LogP contribution in [0.15, 0.2) is 23.1 Å². The van der Waals surface area contributed by atoms with E-state index in [1.54, 1.807) is 0 Å². The van der Waals surface area contributed by atoms with Crippen LogP contribution in [0.3, 0.4) is 0 Å². The van der Waals surface area contributed by atoms with Gasteiger partial charge >= 0.3 is 5.97 Å². The molecule has 0 aromatic heterocycles. The summed E-state index contributed by atoms with van der Waals surface area (Å²) in [5.41, 5.74) is -0.119. The summed E-state index contributed by atoms with van der Waals surface area (Å²) in [7, 11) is -3.75. The van der Waals surface area contributed by atoms with Gasteiger partial charge in [-0.3, -0.25) is 0 Å². The average molecular weight is 278 g/mol. The first-order valence-electron chi connectivity index (χ1n) is 4.91. The van der Waals surface area contributed by atoms with E-state index in [0.717, 1.165) is 6.07 Å². The molecule has 0 unspecified atom stereocenters. The number of carbonyl (C=O) groups is 1. The van der Waals surface area contributed by atoms with Crippen molar-refractivity contribution in [2.45, 2.75) is 18.2 Å². The molecule has 94 valence electrons. The molecule has 0 heterocycles. The molecule has 0 amide bonds. The van der Waals surface area contributed by atoms with Crippen LogP contribution >= 0.6 is 11.6 Å². The smallest absolute Gasteiger partial charge is 0.335 e. The Kier molecular flexibility index (Phi) is 4.50. The summed E-state index contributed by atoms with van der Waals surface area (Å²) in [5, 5.41) is 8.78. The molecule has 0 aliphatic carbocycles. The van der Waals surface area contributed by atoms with Crippen LogP contribution in [0.2, 0.25) is 5.02 Å². The fraction of sp³-hybridized carbons (Fsp3) is 0.300. The maximum Gasteiger partial charge on any atom is 0.335 e. The number of benzene rings is 1. The Labute approximate surface area is 104 Å². The quantitative estimate of drug-likeness (QED) is 0.858. The molecule has 0 aliphatic rings. The summed E-state index contributed by atoms with van der Waals surface area (Å²) >= 11 is 5.75. The first-order valence-corrected chi connectivity index (χ1v) is 6.77. The Balaban J connectivity index is 3.20. The predicted molar refractivity (Wildman–Crippen MR) is 63.9 cm³/mol. The summed E-state index contributed by atoms with van der Waals surface area (Å²) in [6, 6.07) is 3.55. The number of sulfonamides is 1. The molecule has 0 fully saturated rings. The van der Waals surface area contributed by atoms with Crippen molar-refractivity contribution in [3.8, 4) is 0 Å². The second-order valence-corrected chi connectivity index (χ2v) is 5.49. The minimum atomic E-state index is -3.75. The molecule has 0 saturated carbocycles. The second kappa shape index (κ2) is 5.48. The second-order valence-electron chi connectivity index (χ2n) is 3.35. The van der Waals surface area contributed by atoms with Crippen molar-refractivity contribution < 1.29 is 18.3 Å². The zero-order valence-corrected chi connectivity index (χ0v) is 10.7. The molecule has 0 bridgehead atoms. The monoisotopic (exact) mass is 277 g/mol. The van der Waals surface area contributed by atoms with Crippen molar-refractivity contribution in [2.75, 3.05) is 6.54 Å². The zero-order chi connectivity index (χ0) is 13.1. The molecule has 5 nitrogen and oxygen atoms in total. The van der Waals surface area contributed by atoms with Crippen LogP contribution in [0.4, 0.5) is 0 Å². The van der Waals surface area contributed by atoms with E-state index in [-0.39, 0.29) is 22.0 Å². The van der Waals surface area contributed by atoms with Gasteiger partial charge in [0.05, 0.1) is 10.6 Å². The molecule has 2 N–H and O–H groups in total. The number of halogens is 1. The van der Waals surface area contributed by atoms with Gasteiger partial charge in [-0.1, -0.05) is 18.5 Å². The lowest BCUT2D eigenvalue weighted by Crippen LogP contribution is -2.25. The molecule has 0 aliphatic heterocycles. The molecule has 1 aromatic carbocycles. The van der Waals surface area contributed by atoms with Gasteiger partial charge in [-0.25, -0.2) is 17.9 Å². The van der Waals surface area contributed by atoms with E-state index in [2.05, 4.69) is 4.72 Å². The largest absolute Gasteiger partial charge is 0.478 e. The van der Waals surface area contributed by atoms with Gasteiger partial charge in [0.1, 0.15) is 4.90 Å². The van der Waals surface area contributed by atoms with Crippen molar-refractivity contribution in [1.29, 1.82) is 0 Å². The van der Waals surface area contributed by atoms with Gasteiger partial charge in [0.15, 0.2) is 0 Å². The third-order valence-corrected chi connectivity index (χ3v) is 3.95. The van der Waals surface area contributed by atoms with Crippen LogP contribution in [-0.2, 0) is 10.0 Å². The third kappa shape index (κ3) is 3.42. The Bertz CT molecular complexity index is 527. The van der Waals surface area contributed by atoms with E-state index in [9.17, 15) is 13.2 Å². The molecular weight excluding hydrogens is 266 g/mol. The highest BCUT2D eigenvalue weighted by atomic mass is 35.5. The van der Waals surface area contributed by atoms with Crippen molar-refractivity contribution in [2.24, 2.45) is 0 Å². The molecule has 0 spiro atoms. The fourth-order valence-electron chi connectivity index (χ4n) is 1.16. The van der Waals surface area contributed by atoms with Gasteiger partial charge in [0, 0.05) is 6.54 Å². The van der Waals surface area contributed by atoms with Gasteiger partial charge in [-0.05, 0) is 24.6 Å². The molecule has 0 saturated heterocycles. The minimum Gasteiger partial charge on any atom is -0.478 e. The summed E-state index contributed by atoms with van der Waals surface area (Å²) < 4.78 is 25.9. The number of rotatable bonds is 5. The predicted octanol–water partition coefficient (Wildman–Crippen LogP) is 1.73. The average Bonchev–Trinajstić information content (AvgIpc) is 2.26. The number of hydrogen-bond donors (Lipinski definition) is 2. The van der Waals surface area contributed by atoms with Gasteiger partial charge < -0.3 is 5.11 Å². The lowest BCUT2D eigenvalue weighted by atomic mass is 10.2. The topological polar surface area (TPSA) is 83.5 Å². The van der Waals surface area contributed by atoms with Crippen molar-refractivity contribution >= 4 is 27.6 Å². The van der Waals surface area contributed by atoms with Crippen molar-refractivity contribution in [1.82, 2.24) is 4.72 Å². The first kappa shape index (κ1) is 14.0. The third-order valence-electron chi connectivity index (χ3n) is 2.01. The zero-order valence-electron chi connectivity index (χ0n) is 9.10. The molecule has 1 aromatic rings. The van der Waals surface area contributed by atoms with E-state index in [0.29, 0.717) is 6.42 Å². The number of aromatic carboxylic acids is 1. The number of hydrogen-bond acceptors (Lipinski definition) is 3. The Morgan fingerprint density at radius 1 is 1.47 bits per heavy atom. The van der Waals surface area contributed by atoms with E-state index in [1.807, 2.05) is 6.92 Å². The summed E-state index contributed by atoms with van der Waals surface area (Å²) in [4.78, 5) is 10.5. The number of nitrogens with one attached hydrogen (secondary N) is 1. The summed E-state index contributed by atoms with van der Waals surface area (Å²) in [6.45, 7) is 2.09. The van der Waals surface area contributed by atoms with Crippen LogP contribution in [0.5, 0.6) is 0 Å². The molecule has 17 heavy (non-hydrogen) atoms. The maximum absolute atomic E-state index is 11.8. The molecule has 0 atom stereocenters. The van der Waals surface area contributed by atoms with E-state index < -0.39 is 16.0 Å². The van der Waals surface area contributed by atoms with Crippen molar-refractivity contribution in [3.63, 3.8) is 0 Å². The maximum atomic E-state index is 11.8. The Morgan fingerprint density at radius 2 is 2.12 bits per heavy atom. The van der Waals surface area contributed by atoms with Crippen LogP contribution in [-0.4, -0.2) is 26.0 Å². The van der Waals surface area contributed by atoms with Gasteiger partial charge in [0.2, 0.25) is 10.0 Å². The minimum absolute atomic E-state index is 0.00129. The molecule has 7 heteroatoms. The Morgan fingerprint density at radius 3 is 2.65 bits per heavy atom. The van der Waals surface area contributed by atoms with Crippen molar-refractivity contribution in [3.05, 3.63) is 28.8 Å². The highest BCUT2D eigenvalue weighted by molar-refractivity contribution is 7.89. The molecule has 0 radical (unpaired) electrons. The SMILES string of the molecule is CCCNS(=O)(=O)c1cc(C(=O)O)ccc1Cl. The fourth-order valence-corrected chi connectivity index (χ4v) is 2.81. The van der Waals surface area contributed by atoms with Crippen LogP contribution < -0.4 is 4.72 Å². The number of carboxylic acid groups (broad SMARTS) is 1. The van der Waals surface area contributed by atoms with E-state index in [4.69, 9.17) is 16.7 Å². The highest BCUT2D eigenvalue weighted by Gasteiger charge is 2.19. The standard InChI is InChI=1S/C10H12ClNO4S/c1-2-5-12-17(15,16)9-6-7(10(13)14)3-4-8(9)11/h3-4,6,12H,2,5H2,1H3,(H,13,14). The van der Waals surface area contributed by atoms with Crippen LogP contribution in [0, 0.1) is 0 Å². The molecule has 1 rings (SSSR count). The Hall–Kier alpha value is -1.11.